The molecule has 3 rings (SSSR count). The van der Waals surface area contributed by atoms with E-state index in [0.29, 0.717) is 52.0 Å². The van der Waals surface area contributed by atoms with E-state index in [-0.39, 0.29) is 11.1 Å². The zero-order valence-corrected chi connectivity index (χ0v) is 25.4. The molecule has 43 heavy (non-hydrogen) atoms. The van der Waals surface area contributed by atoms with Crippen LogP contribution in [0, 0.1) is 0 Å². The number of nitrogens with zero attached hydrogens (tertiary/aromatic N) is 5. The van der Waals surface area contributed by atoms with Crippen molar-refractivity contribution in [3.63, 3.8) is 0 Å². The molecular weight excluding hydrogens is 556 g/mol. The second-order valence-electron chi connectivity index (χ2n) is 10.8. The molecule has 2 fully saturated rings. The van der Waals surface area contributed by atoms with Crippen LogP contribution in [0.4, 0.5) is 5.69 Å². The third kappa shape index (κ3) is 10.4. The van der Waals surface area contributed by atoms with E-state index in [0.717, 1.165) is 77.5 Å². The Bertz CT molecular complexity index is 1060. The summed E-state index contributed by atoms with van der Waals surface area (Å²) >= 11 is 0. The number of likely N-dealkylation sites (N-methyl/N-ethyl adjacent to an activating group) is 1. The zero-order valence-electron chi connectivity index (χ0n) is 25.4. The number of piperazine rings is 2. The van der Waals surface area contributed by atoms with Gasteiger partial charge in [0, 0.05) is 83.7 Å². The number of carbonyl (C=O) groups excluding carboxylic acids is 5. The lowest BCUT2D eigenvalue weighted by Gasteiger charge is -2.36. The predicted octanol–water partition coefficient (Wildman–Crippen LogP) is -0.0584. The number of rotatable bonds is 18. The van der Waals surface area contributed by atoms with Crippen molar-refractivity contribution in [2.45, 2.75) is 25.8 Å². The van der Waals surface area contributed by atoms with E-state index in [1.165, 1.54) is 11.9 Å². The number of anilines is 1. The summed E-state index contributed by atoms with van der Waals surface area (Å²) in [5, 5.41) is 2.12. The molecule has 13 heteroatoms. The molecule has 0 bridgehead atoms. The molecule has 2 heterocycles. The highest BCUT2D eigenvalue weighted by Gasteiger charge is 2.28. The van der Waals surface area contributed by atoms with E-state index >= 15 is 0 Å². The first-order valence-electron chi connectivity index (χ1n) is 15.1. The molecule has 1 N–H and O–H groups in total. The molecule has 1 aromatic rings. The summed E-state index contributed by atoms with van der Waals surface area (Å²) in [6.07, 6.45) is 2.92. The van der Waals surface area contributed by atoms with Crippen LogP contribution in [0.2, 0.25) is 0 Å². The predicted molar refractivity (Wildman–Crippen MR) is 161 cm³/mol. The van der Waals surface area contributed by atoms with E-state index in [4.69, 9.17) is 9.47 Å². The fraction of sp³-hybridized carbons (Fsp3) is 0.633. The lowest BCUT2D eigenvalue weighted by molar-refractivity contribution is -0.129. The van der Waals surface area contributed by atoms with E-state index < -0.39 is 17.9 Å². The number of amides is 4. The quantitative estimate of drug-likeness (QED) is 0.180. The highest BCUT2D eigenvalue weighted by Crippen LogP contribution is 2.22. The number of hydrogen-bond acceptors (Lipinski definition) is 10. The van der Waals surface area contributed by atoms with Crippen LogP contribution >= 0.6 is 0 Å². The highest BCUT2D eigenvalue weighted by molar-refractivity contribution is 6.04. The molecule has 1 unspecified atom stereocenters. The molecule has 0 saturated carbocycles. The number of nitrogens with one attached hydrogen (secondary N) is 1. The maximum atomic E-state index is 13.2. The van der Waals surface area contributed by atoms with E-state index in [9.17, 15) is 24.0 Å². The standard InChI is InChI=1S/C30H46N6O7/c1-3-4-28(29(40)31-23-38)32(2)30(41)27-6-5-26(21-25(27)22-37)36-13-11-34(12-14-36)16-18-43-20-19-42-17-15-33-7-9-35(24-39)10-8-33/h5-6,21-24,28H,3-4,7-20H2,1-2H3,(H,31,38,40). The first kappa shape index (κ1) is 34.1. The number of carbonyl (C=O) groups is 5. The minimum Gasteiger partial charge on any atom is -0.378 e. The lowest BCUT2D eigenvalue weighted by Crippen LogP contribution is -2.48. The van der Waals surface area contributed by atoms with E-state index in [2.05, 4.69) is 20.0 Å². The molecule has 0 aromatic heterocycles. The Labute approximate surface area is 254 Å². The van der Waals surface area contributed by atoms with Crippen LogP contribution in [0.5, 0.6) is 0 Å². The summed E-state index contributed by atoms with van der Waals surface area (Å²) in [6, 6.07) is 4.37. The summed E-state index contributed by atoms with van der Waals surface area (Å²) in [4.78, 5) is 68.9. The molecule has 2 saturated heterocycles. The van der Waals surface area contributed by atoms with Crippen LogP contribution in [0.15, 0.2) is 18.2 Å². The van der Waals surface area contributed by atoms with Gasteiger partial charge in [-0.05, 0) is 24.6 Å². The summed E-state index contributed by atoms with van der Waals surface area (Å²) in [5.74, 6) is -0.996. The van der Waals surface area contributed by atoms with Gasteiger partial charge in [-0.3, -0.25) is 39.1 Å². The molecule has 2 aliphatic heterocycles. The molecule has 2 aliphatic rings. The van der Waals surface area contributed by atoms with Gasteiger partial charge in [-0.15, -0.1) is 0 Å². The van der Waals surface area contributed by atoms with Crippen molar-refractivity contribution < 1.29 is 33.4 Å². The van der Waals surface area contributed by atoms with E-state index in [1.54, 1.807) is 17.0 Å². The normalized spacial score (nSPS) is 16.9. The molecule has 238 valence electrons. The Kier molecular flexibility index (Phi) is 14.5. The highest BCUT2D eigenvalue weighted by atomic mass is 16.5. The molecule has 1 atom stereocenters. The minimum atomic E-state index is -0.811. The Morgan fingerprint density at radius 3 is 2.05 bits per heavy atom. The van der Waals surface area contributed by atoms with Gasteiger partial charge >= 0.3 is 0 Å². The van der Waals surface area contributed by atoms with Gasteiger partial charge in [0.15, 0.2) is 6.29 Å². The van der Waals surface area contributed by atoms with Crippen molar-refractivity contribution in [2.24, 2.45) is 0 Å². The Hall–Kier alpha value is -3.39. The summed E-state index contributed by atoms with van der Waals surface area (Å²) in [7, 11) is 1.51. The van der Waals surface area contributed by atoms with Crippen molar-refractivity contribution in [1.29, 1.82) is 0 Å². The number of hydrogen-bond donors (Lipinski definition) is 1. The molecule has 0 spiro atoms. The van der Waals surface area contributed by atoms with Crippen LogP contribution in [-0.2, 0) is 23.9 Å². The number of aldehydes is 1. The number of ether oxygens (including phenoxy) is 2. The fourth-order valence-corrected chi connectivity index (χ4v) is 5.33. The Morgan fingerprint density at radius 1 is 0.907 bits per heavy atom. The van der Waals surface area contributed by atoms with Gasteiger partial charge in [-0.2, -0.15) is 0 Å². The van der Waals surface area contributed by atoms with Crippen LogP contribution in [0.25, 0.3) is 0 Å². The topological polar surface area (TPSA) is 132 Å². The van der Waals surface area contributed by atoms with Crippen molar-refractivity contribution in [3.8, 4) is 0 Å². The van der Waals surface area contributed by atoms with Gasteiger partial charge in [0.1, 0.15) is 6.04 Å². The van der Waals surface area contributed by atoms with Gasteiger partial charge in [-0.25, -0.2) is 0 Å². The van der Waals surface area contributed by atoms with Crippen LogP contribution in [0.1, 0.15) is 40.5 Å². The maximum absolute atomic E-state index is 13.2. The first-order valence-corrected chi connectivity index (χ1v) is 15.1. The zero-order chi connectivity index (χ0) is 31.0. The van der Waals surface area contributed by atoms with Crippen molar-refractivity contribution in [1.82, 2.24) is 24.9 Å². The molecular formula is C30H46N6O7. The SMILES string of the molecule is CCCC(C(=O)NC=O)N(C)C(=O)c1ccc(N2CCN(CCOCCOCCN3CCN(C=O)CC3)CC2)cc1C=O. The van der Waals surface area contributed by atoms with Crippen LogP contribution in [0.3, 0.4) is 0 Å². The average molecular weight is 603 g/mol. The number of benzene rings is 1. The second kappa shape index (κ2) is 18.3. The lowest BCUT2D eigenvalue weighted by atomic mass is 10.0. The van der Waals surface area contributed by atoms with Crippen molar-refractivity contribution >= 4 is 36.6 Å². The maximum Gasteiger partial charge on any atom is 0.255 e. The number of imide groups is 1. The minimum absolute atomic E-state index is 0.221. The molecule has 0 aliphatic carbocycles. The summed E-state index contributed by atoms with van der Waals surface area (Å²) < 4.78 is 11.5. The smallest absolute Gasteiger partial charge is 0.255 e. The summed E-state index contributed by atoms with van der Waals surface area (Å²) in [5.41, 5.74) is 1.35. The van der Waals surface area contributed by atoms with Crippen molar-refractivity contribution in [3.05, 3.63) is 29.3 Å². The molecule has 1 aromatic carbocycles. The molecule has 13 nitrogen and oxygen atoms in total. The fourth-order valence-electron chi connectivity index (χ4n) is 5.33. The Balaban J connectivity index is 1.36. The van der Waals surface area contributed by atoms with E-state index in [1.807, 2.05) is 13.0 Å². The average Bonchev–Trinajstić information content (AvgIpc) is 3.04. The van der Waals surface area contributed by atoms with Crippen LogP contribution in [-0.4, -0.2) is 155 Å². The van der Waals surface area contributed by atoms with Gasteiger partial charge in [0.2, 0.25) is 18.7 Å². The van der Waals surface area contributed by atoms with Gasteiger partial charge < -0.3 is 24.2 Å². The van der Waals surface area contributed by atoms with Crippen molar-refractivity contribution in [2.75, 3.05) is 104 Å². The molecule has 0 radical (unpaired) electrons. The monoisotopic (exact) mass is 602 g/mol. The largest absolute Gasteiger partial charge is 0.378 e. The third-order valence-corrected chi connectivity index (χ3v) is 8.02. The van der Waals surface area contributed by atoms with Gasteiger partial charge in [0.25, 0.3) is 5.91 Å². The third-order valence-electron chi connectivity index (χ3n) is 8.02. The second-order valence-corrected chi connectivity index (χ2v) is 10.8. The van der Waals surface area contributed by atoms with Gasteiger partial charge in [-0.1, -0.05) is 13.3 Å². The van der Waals surface area contributed by atoms with Crippen LogP contribution < -0.4 is 10.2 Å². The first-order chi connectivity index (χ1) is 20.9. The Morgan fingerprint density at radius 2 is 1.51 bits per heavy atom. The molecule has 4 amide bonds. The van der Waals surface area contributed by atoms with Gasteiger partial charge in [0.05, 0.1) is 32.0 Å². The summed E-state index contributed by atoms with van der Waals surface area (Å²) in [6.45, 7) is 12.5.